The molecule has 1 amide bonds. The third kappa shape index (κ3) is 3.13. The summed E-state index contributed by atoms with van der Waals surface area (Å²) in [5.74, 6) is -0.481. The van der Waals surface area contributed by atoms with Crippen LogP contribution in [0, 0.1) is 5.82 Å². The van der Waals surface area contributed by atoms with Gasteiger partial charge in [-0.1, -0.05) is 12.1 Å². The lowest BCUT2D eigenvalue weighted by Crippen LogP contribution is -2.36. The number of carbonyl (C=O) groups excluding carboxylic acids is 1. The molecule has 1 aromatic heterocycles. The Balaban J connectivity index is 1.82. The first-order valence-electron chi connectivity index (χ1n) is 7.05. The van der Waals surface area contributed by atoms with Crippen LogP contribution in [-0.4, -0.2) is 23.6 Å². The smallest absolute Gasteiger partial charge is 0.268 e. The summed E-state index contributed by atoms with van der Waals surface area (Å²) in [6.45, 7) is 0.695. The molecule has 0 saturated carbocycles. The van der Waals surface area contributed by atoms with E-state index in [0.717, 1.165) is 18.4 Å². The van der Waals surface area contributed by atoms with Gasteiger partial charge in [0.2, 0.25) is 0 Å². The van der Waals surface area contributed by atoms with Crippen LogP contribution >= 0.6 is 0 Å². The van der Waals surface area contributed by atoms with E-state index in [9.17, 15) is 9.18 Å². The number of amides is 1. The van der Waals surface area contributed by atoms with Gasteiger partial charge in [-0.15, -0.1) is 0 Å². The molecule has 0 aliphatic carbocycles. The second kappa shape index (κ2) is 6.10. The second-order valence-electron chi connectivity index (χ2n) is 5.14. The SMILES string of the molecule is O=C(N[C@H](c1ccc(F)cc1)[C@@H]1CCCO1)c1ccc[nH]1. The lowest BCUT2D eigenvalue weighted by Gasteiger charge is -2.24. The Morgan fingerprint density at radius 3 is 2.76 bits per heavy atom. The van der Waals surface area contributed by atoms with E-state index in [0.29, 0.717) is 12.3 Å². The molecule has 1 saturated heterocycles. The molecule has 0 radical (unpaired) electrons. The summed E-state index contributed by atoms with van der Waals surface area (Å²) in [4.78, 5) is 15.1. The summed E-state index contributed by atoms with van der Waals surface area (Å²) in [5, 5.41) is 2.98. The van der Waals surface area contributed by atoms with Gasteiger partial charge in [0.25, 0.3) is 5.91 Å². The molecule has 2 aromatic rings. The van der Waals surface area contributed by atoms with Gasteiger partial charge in [-0.2, -0.15) is 0 Å². The molecular formula is C16H17FN2O2. The third-order valence-electron chi connectivity index (χ3n) is 3.69. The van der Waals surface area contributed by atoms with Crippen molar-refractivity contribution in [1.29, 1.82) is 0 Å². The van der Waals surface area contributed by atoms with Gasteiger partial charge in [0.1, 0.15) is 11.5 Å². The summed E-state index contributed by atoms with van der Waals surface area (Å²) in [7, 11) is 0. The first-order valence-corrected chi connectivity index (χ1v) is 7.05. The molecule has 2 N–H and O–H groups in total. The van der Waals surface area contributed by atoms with Gasteiger partial charge in [0, 0.05) is 12.8 Å². The zero-order valence-corrected chi connectivity index (χ0v) is 11.5. The summed E-state index contributed by atoms with van der Waals surface area (Å²) in [6.07, 6.45) is 3.48. The molecule has 0 unspecified atom stereocenters. The summed E-state index contributed by atoms with van der Waals surface area (Å²) >= 11 is 0. The van der Waals surface area contributed by atoms with Gasteiger partial charge in [-0.3, -0.25) is 4.79 Å². The number of nitrogens with one attached hydrogen (secondary N) is 2. The molecule has 1 aliphatic heterocycles. The minimum Gasteiger partial charge on any atom is -0.376 e. The average Bonchev–Trinajstić information content (AvgIpc) is 3.19. The molecule has 1 fully saturated rings. The molecule has 21 heavy (non-hydrogen) atoms. The minimum absolute atomic E-state index is 0.0747. The van der Waals surface area contributed by atoms with Crippen molar-refractivity contribution in [3.05, 3.63) is 59.7 Å². The zero-order valence-electron chi connectivity index (χ0n) is 11.5. The van der Waals surface area contributed by atoms with Gasteiger partial charge >= 0.3 is 0 Å². The Bertz CT molecular complexity index is 589. The zero-order chi connectivity index (χ0) is 14.7. The Morgan fingerprint density at radius 2 is 2.14 bits per heavy atom. The van der Waals surface area contributed by atoms with Gasteiger partial charge in [-0.25, -0.2) is 4.39 Å². The number of halogens is 1. The van der Waals surface area contributed by atoms with Crippen LogP contribution in [0.5, 0.6) is 0 Å². The van der Waals surface area contributed by atoms with Crippen LogP contribution in [0.3, 0.4) is 0 Å². The van der Waals surface area contributed by atoms with Crippen molar-refractivity contribution in [2.75, 3.05) is 6.61 Å². The van der Waals surface area contributed by atoms with Gasteiger partial charge < -0.3 is 15.0 Å². The van der Waals surface area contributed by atoms with Crippen LogP contribution < -0.4 is 5.32 Å². The number of aromatic nitrogens is 1. The average molecular weight is 288 g/mol. The fourth-order valence-corrected chi connectivity index (χ4v) is 2.62. The number of rotatable bonds is 4. The number of carbonyl (C=O) groups is 1. The molecule has 0 spiro atoms. The quantitative estimate of drug-likeness (QED) is 0.909. The van der Waals surface area contributed by atoms with E-state index in [1.807, 2.05) is 0 Å². The fourth-order valence-electron chi connectivity index (χ4n) is 2.62. The van der Waals surface area contributed by atoms with Gasteiger partial charge in [0.15, 0.2) is 0 Å². The Hall–Kier alpha value is -2.14. The van der Waals surface area contributed by atoms with Crippen LogP contribution in [0.1, 0.15) is 34.9 Å². The van der Waals surface area contributed by atoms with E-state index in [2.05, 4.69) is 10.3 Å². The number of hydrogen-bond donors (Lipinski definition) is 2. The van der Waals surface area contributed by atoms with E-state index < -0.39 is 0 Å². The third-order valence-corrected chi connectivity index (χ3v) is 3.69. The molecule has 4 nitrogen and oxygen atoms in total. The highest BCUT2D eigenvalue weighted by Crippen LogP contribution is 2.27. The number of H-pyrrole nitrogens is 1. The summed E-state index contributed by atoms with van der Waals surface area (Å²) < 4.78 is 18.8. The van der Waals surface area contributed by atoms with E-state index in [-0.39, 0.29) is 23.9 Å². The highest BCUT2D eigenvalue weighted by Gasteiger charge is 2.29. The Morgan fingerprint density at radius 1 is 1.33 bits per heavy atom. The Kier molecular flexibility index (Phi) is 4.01. The largest absolute Gasteiger partial charge is 0.376 e. The van der Waals surface area contributed by atoms with Gasteiger partial charge in [0.05, 0.1) is 12.1 Å². The van der Waals surface area contributed by atoms with Crippen LogP contribution in [0.15, 0.2) is 42.6 Å². The number of benzene rings is 1. The molecule has 2 heterocycles. The monoisotopic (exact) mass is 288 g/mol. The van der Waals surface area contributed by atoms with Crippen molar-refractivity contribution in [3.63, 3.8) is 0 Å². The maximum Gasteiger partial charge on any atom is 0.268 e. The van der Waals surface area contributed by atoms with Crippen molar-refractivity contribution in [2.45, 2.75) is 25.0 Å². The molecule has 110 valence electrons. The van der Waals surface area contributed by atoms with Crippen molar-refractivity contribution >= 4 is 5.91 Å². The minimum atomic E-state index is -0.291. The molecule has 1 aliphatic rings. The van der Waals surface area contributed by atoms with Crippen molar-refractivity contribution in [1.82, 2.24) is 10.3 Å². The summed E-state index contributed by atoms with van der Waals surface area (Å²) in [6, 6.07) is 9.40. The highest BCUT2D eigenvalue weighted by molar-refractivity contribution is 5.92. The summed E-state index contributed by atoms with van der Waals surface area (Å²) in [5.41, 5.74) is 1.35. The van der Waals surface area contributed by atoms with Crippen molar-refractivity contribution in [3.8, 4) is 0 Å². The van der Waals surface area contributed by atoms with E-state index >= 15 is 0 Å². The maximum absolute atomic E-state index is 13.1. The molecule has 5 heteroatoms. The lowest BCUT2D eigenvalue weighted by molar-refractivity contribution is 0.0670. The maximum atomic E-state index is 13.1. The van der Waals surface area contributed by atoms with E-state index in [4.69, 9.17) is 4.74 Å². The number of ether oxygens (including phenoxy) is 1. The van der Waals surface area contributed by atoms with Gasteiger partial charge in [-0.05, 0) is 42.7 Å². The fraction of sp³-hybridized carbons (Fsp3) is 0.312. The standard InChI is InChI=1S/C16H17FN2O2/c17-12-7-5-11(6-8-12)15(14-4-2-10-21-14)19-16(20)13-3-1-9-18-13/h1,3,5-9,14-15,18H,2,4,10H2,(H,19,20)/t14-,15+/m0/s1. The molecule has 2 atom stereocenters. The van der Waals surface area contributed by atoms with E-state index in [1.165, 1.54) is 12.1 Å². The van der Waals surface area contributed by atoms with Crippen molar-refractivity contribution in [2.24, 2.45) is 0 Å². The topological polar surface area (TPSA) is 54.1 Å². The normalized spacial score (nSPS) is 19.4. The molecule has 3 rings (SSSR count). The van der Waals surface area contributed by atoms with Crippen LogP contribution in [-0.2, 0) is 4.74 Å². The first-order chi connectivity index (χ1) is 10.2. The van der Waals surface area contributed by atoms with Crippen LogP contribution in [0.2, 0.25) is 0 Å². The first kappa shape index (κ1) is 13.8. The molecular weight excluding hydrogens is 271 g/mol. The van der Waals surface area contributed by atoms with Crippen molar-refractivity contribution < 1.29 is 13.9 Å². The predicted molar refractivity (Wildman–Crippen MR) is 76.4 cm³/mol. The van der Waals surface area contributed by atoms with E-state index in [1.54, 1.807) is 30.5 Å². The molecule has 1 aromatic carbocycles. The Labute approximate surface area is 122 Å². The van der Waals surface area contributed by atoms with Crippen LogP contribution in [0.25, 0.3) is 0 Å². The number of aromatic amines is 1. The number of hydrogen-bond acceptors (Lipinski definition) is 2. The molecule has 0 bridgehead atoms. The predicted octanol–water partition coefficient (Wildman–Crippen LogP) is 2.80. The van der Waals surface area contributed by atoms with Crippen LogP contribution in [0.4, 0.5) is 4.39 Å². The highest BCUT2D eigenvalue weighted by atomic mass is 19.1. The second-order valence-corrected chi connectivity index (χ2v) is 5.14. The lowest BCUT2D eigenvalue weighted by atomic mass is 9.99.